The molecule has 14 heavy (non-hydrogen) atoms. The van der Waals surface area contributed by atoms with Crippen molar-refractivity contribution >= 4 is 23.3 Å². The quantitative estimate of drug-likeness (QED) is 0.566. The highest BCUT2D eigenvalue weighted by atomic mass is 16.1. The number of hydrogen-bond acceptors (Lipinski definition) is 1. The fourth-order valence-electron chi connectivity index (χ4n) is 1.54. The van der Waals surface area contributed by atoms with Crippen molar-refractivity contribution in [2.75, 3.05) is 0 Å². The van der Waals surface area contributed by atoms with Gasteiger partial charge in [-0.05, 0) is 36.8 Å². The summed E-state index contributed by atoms with van der Waals surface area (Å²) < 4.78 is 0. The fraction of sp³-hybridized carbons (Fsp3) is 0.0833. The first kappa shape index (κ1) is 8.75. The van der Waals surface area contributed by atoms with Crippen molar-refractivity contribution < 1.29 is 4.79 Å². The van der Waals surface area contributed by atoms with Crippen LogP contribution in [0.2, 0.25) is 0 Å². The van der Waals surface area contributed by atoms with Crippen molar-refractivity contribution in [3.8, 4) is 0 Å². The van der Waals surface area contributed by atoms with Crippen molar-refractivity contribution in [1.82, 2.24) is 4.98 Å². The van der Waals surface area contributed by atoms with Gasteiger partial charge in [0.1, 0.15) is 6.29 Å². The van der Waals surface area contributed by atoms with E-state index in [0.717, 1.165) is 22.8 Å². The number of aldehydes is 1. The van der Waals surface area contributed by atoms with Crippen LogP contribution >= 0.6 is 0 Å². The number of rotatable bonds is 2. The standard InChI is InChI=1S/C12H11NO/c1-9-4-5-12-11(7-9)10(8-13-12)3-2-6-14/h2-8,13H,1H3/b3-2+. The fourth-order valence-corrected chi connectivity index (χ4v) is 1.54. The topological polar surface area (TPSA) is 32.9 Å². The SMILES string of the molecule is Cc1ccc2[nH]cc(/C=C/C=O)c2c1. The number of H-pyrrole nitrogens is 1. The number of benzene rings is 1. The van der Waals surface area contributed by atoms with Crippen molar-refractivity contribution in [3.05, 3.63) is 41.6 Å². The van der Waals surface area contributed by atoms with Crippen LogP contribution in [0.3, 0.4) is 0 Å². The third kappa shape index (κ3) is 1.46. The number of nitrogens with one attached hydrogen (secondary N) is 1. The molecule has 0 aliphatic carbocycles. The summed E-state index contributed by atoms with van der Waals surface area (Å²) >= 11 is 0. The summed E-state index contributed by atoms with van der Waals surface area (Å²) in [5, 5.41) is 1.16. The van der Waals surface area contributed by atoms with Crippen LogP contribution in [0.15, 0.2) is 30.5 Å². The van der Waals surface area contributed by atoms with Crippen molar-refractivity contribution in [2.24, 2.45) is 0 Å². The molecule has 0 atom stereocenters. The second-order valence-corrected chi connectivity index (χ2v) is 3.29. The average Bonchev–Trinajstić information content (AvgIpc) is 2.57. The van der Waals surface area contributed by atoms with Gasteiger partial charge < -0.3 is 4.98 Å². The van der Waals surface area contributed by atoms with Crippen molar-refractivity contribution in [3.63, 3.8) is 0 Å². The molecule has 0 aliphatic rings. The molecule has 1 aromatic heterocycles. The number of aryl methyl sites for hydroxylation is 1. The second kappa shape index (κ2) is 3.50. The Labute approximate surface area is 82.3 Å². The molecule has 2 nitrogen and oxygen atoms in total. The first-order valence-electron chi connectivity index (χ1n) is 4.51. The third-order valence-corrected chi connectivity index (χ3v) is 2.22. The Morgan fingerprint density at radius 3 is 3.00 bits per heavy atom. The molecule has 0 spiro atoms. The van der Waals surface area contributed by atoms with Gasteiger partial charge in [-0.1, -0.05) is 11.6 Å². The van der Waals surface area contributed by atoms with Gasteiger partial charge in [0.15, 0.2) is 0 Å². The molecule has 0 radical (unpaired) electrons. The lowest BCUT2D eigenvalue weighted by atomic mass is 10.1. The summed E-state index contributed by atoms with van der Waals surface area (Å²) in [6.07, 6.45) is 6.01. The van der Waals surface area contributed by atoms with Gasteiger partial charge in [-0.3, -0.25) is 4.79 Å². The molecule has 70 valence electrons. The highest BCUT2D eigenvalue weighted by Crippen LogP contribution is 2.20. The summed E-state index contributed by atoms with van der Waals surface area (Å²) in [6, 6.07) is 6.21. The van der Waals surface area contributed by atoms with E-state index in [9.17, 15) is 4.79 Å². The number of carbonyl (C=O) groups excluding carboxylic acids is 1. The van der Waals surface area contributed by atoms with Crippen LogP contribution in [0.1, 0.15) is 11.1 Å². The molecule has 2 aromatic rings. The Bertz CT molecular complexity index is 494. The first-order valence-corrected chi connectivity index (χ1v) is 4.51. The molecule has 0 unspecified atom stereocenters. The van der Waals surface area contributed by atoms with Gasteiger partial charge in [0, 0.05) is 17.1 Å². The number of carbonyl (C=O) groups is 1. The van der Waals surface area contributed by atoms with Crippen LogP contribution in [-0.4, -0.2) is 11.3 Å². The Kier molecular flexibility index (Phi) is 2.19. The Hall–Kier alpha value is -1.83. The third-order valence-electron chi connectivity index (χ3n) is 2.22. The van der Waals surface area contributed by atoms with E-state index in [-0.39, 0.29) is 0 Å². The smallest absolute Gasteiger partial charge is 0.142 e. The van der Waals surface area contributed by atoms with Crippen LogP contribution in [0.4, 0.5) is 0 Å². The zero-order chi connectivity index (χ0) is 9.97. The van der Waals surface area contributed by atoms with Crippen LogP contribution in [0.5, 0.6) is 0 Å². The molecule has 0 fully saturated rings. The van der Waals surface area contributed by atoms with Gasteiger partial charge >= 0.3 is 0 Å². The van der Waals surface area contributed by atoms with Gasteiger partial charge in [0.05, 0.1) is 0 Å². The summed E-state index contributed by atoms with van der Waals surface area (Å²) in [6.45, 7) is 2.06. The molecule has 0 amide bonds. The lowest BCUT2D eigenvalue weighted by Gasteiger charge is -1.93. The van der Waals surface area contributed by atoms with E-state index in [2.05, 4.69) is 24.0 Å². The molecular formula is C12H11NO. The minimum atomic E-state index is 0.786. The molecule has 0 aliphatic heterocycles. The van der Waals surface area contributed by atoms with Gasteiger partial charge in [-0.25, -0.2) is 0 Å². The van der Waals surface area contributed by atoms with Crippen LogP contribution < -0.4 is 0 Å². The number of allylic oxidation sites excluding steroid dienone is 1. The minimum Gasteiger partial charge on any atom is -0.361 e. The second-order valence-electron chi connectivity index (χ2n) is 3.29. The number of aromatic nitrogens is 1. The largest absolute Gasteiger partial charge is 0.361 e. The predicted molar refractivity (Wildman–Crippen MR) is 58.1 cm³/mol. The van der Waals surface area contributed by atoms with E-state index in [1.54, 1.807) is 0 Å². The van der Waals surface area contributed by atoms with Gasteiger partial charge in [0.2, 0.25) is 0 Å². The maximum Gasteiger partial charge on any atom is 0.142 e. The van der Waals surface area contributed by atoms with E-state index in [1.807, 2.05) is 18.3 Å². The Balaban J connectivity index is 2.60. The summed E-state index contributed by atoms with van der Waals surface area (Å²) in [4.78, 5) is 13.4. The van der Waals surface area contributed by atoms with Gasteiger partial charge in [0.25, 0.3) is 0 Å². The number of fused-ring (bicyclic) bond motifs is 1. The summed E-state index contributed by atoms with van der Waals surface area (Å²) in [5.41, 5.74) is 3.37. The molecule has 1 N–H and O–H groups in total. The van der Waals surface area contributed by atoms with Gasteiger partial charge in [-0.2, -0.15) is 0 Å². The first-order chi connectivity index (χ1) is 6.81. The van der Waals surface area contributed by atoms with E-state index >= 15 is 0 Å². The van der Waals surface area contributed by atoms with Crippen molar-refractivity contribution in [2.45, 2.75) is 6.92 Å². The molecule has 1 aromatic carbocycles. The van der Waals surface area contributed by atoms with E-state index in [0.29, 0.717) is 0 Å². The predicted octanol–water partition coefficient (Wildman–Crippen LogP) is 2.69. The molecule has 0 saturated carbocycles. The summed E-state index contributed by atoms with van der Waals surface area (Å²) in [7, 11) is 0. The molecule has 2 rings (SSSR count). The van der Waals surface area contributed by atoms with Crippen LogP contribution in [0.25, 0.3) is 17.0 Å². The average molecular weight is 185 g/mol. The Morgan fingerprint density at radius 1 is 1.36 bits per heavy atom. The monoisotopic (exact) mass is 185 g/mol. The molecule has 0 bridgehead atoms. The van der Waals surface area contributed by atoms with Crippen LogP contribution in [-0.2, 0) is 4.79 Å². The minimum absolute atomic E-state index is 0.786. The molecule has 2 heteroatoms. The van der Waals surface area contributed by atoms with E-state index in [1.165, 1.54) is 11.6 Å². The zero-order valence-corrected chi connectivity index (χ0v) is 7.95. The van der Waals surface area contributed by atoms with Crippen molar-refractivity contribution in [1.29, 1.82) is 0 Å². The lowest BCUT2D eigenvalue weighted by Crippen LogP contribution is -1.73. The van der Waals surface area contributed by atoms with E-state index in [4.69, 9.17) is 0 Å². The number of hydrogen-bond donors (Lipinski definition) is 1. The van der Waals surface area contributed by atoms with Gasteiger partial charge in [-0.15, -0.1) is 0 Å². The summed E-state index contributed by atoms with van der Waals surface area (Å²) in [5.74, 6) is 0. The zero-order valence-electron chi connectivity index (χ0n) is 7.95. The highest BCUT2D eigenvalue weighted by molar-refractivity contribution is 5.91. The molecule has 0 saturated heterocycles. The molecular weight excluding hydrogens is 174 g/mol. The maximum absolute atomic E-state index is 10.2. The van der Waals surface area contributed by atoms with E-state index < -0.39 is 0 Å². The number of aromatic amines is 1. The van der Waals surface area contributed by atoms with Crippen LogP contribution in [0, 0.1) is 6.92 Å². The Morgan fingerprint density at radius 2 is 2.21 bits per heavy atom. The molecule has 1 heterocycles. The lowest BCUT2D eigenvalue weighted by molar-refractivity contribution is -0.104. The maximum atomic E-state index is 10.2. The highest BCUT2D eigenvalue weighted by Gasteiger charge is 1.99. The normalized spacial score (nSPS) is 11.2.